The van der Waals surface area contributed by atoms with E-state index in [2.05, 4.69) is 4.90 Å². The Bertz CT molecular complexity index is 370. The van der Waals surface area contributed by atoms with E-state index < -0.39 is 11.7 Å². The minimum atomic E-state index is -4.28. The molecule has 0 radical (unpaired) electrons. The van der Waals surface area contributed by atoms with Crippen molar-refractivity contribution in [1.82, 2.24) is 4.90 Å². The Kier molecular flexibility index (Phi) is 3.64. The molecule has 1 fully saturated rings. The van der Waals surface area contributed by atoms with Gasteiger partial charge in [-0.25, -0.2) is 0 Å². The van der Waals surface area contributed by atoms with Gasteiger partial charge < -0.3 is 4.90 Å². The molecule has 1 aliphatic heterocycles. The van der Waals surface area contributed by atoms with Gasteiger partial charge in [0, 0.05) is 6.54 Å². The van der Waals surface area contributed by atoms with Crippen molar-refractivity contribution >= 4 is 11.6 Å². The highest BCUT2D eigenvalue weighted by atomic mass is 35.5. The van der Waals surface area contributed by atoms with Gasteiger partial charge in [0.15, 0.2) is 0 Å². The van der Waals surface area contributed by atoms with E-state index in [-0.39, 0.29) is 5.38 Å². The molecular weight excluding hydrogens is 251 g/mol. The van der Waals surface area contributed by atoms with Crippen LogP contribution in [0, 0.1) is 0 Å². The molecule has 1 heterocycles. The van der Waals surface area contributed by atoms with Gasteiger partial charge in [0.25, 0.3) is 0 Å². The number of hydrogen-bond donors (Lipinski definition) is 0. The molecule has 0 saturated carbocycles. The lowest BCUT2D eigenvalue weighted by molar-refractivity contribution is -0.137. The summed E-state index contributed by atoms with van der Waals surface area (Å²) in [6.45, 7) is 2.76. The predicted molar refractivity (Wildman–Crippen MR) is 61.1 cm³/mol. The number of alkyl halides is 4. The van der Waals surface area contributed by atoms with Crippen molar-refractivity contribution < 1.29 is 13.2 Å². The highest BCUT2D eigenvalue weighted by molar-refractivity contribution is 6.21. The normalized spacial score (nSPS) is 18.8. The van der Waals surface area contributed by atoms with E-state index in [1.807, 2.05) is 0 Å². The van der Waals surface area contributed by atoms with E-state index in [1.165, 1.54) is 18.6 Å². The summed E-state index contributed by atoms with van der Waals surface area (Å²) in [5, 5.41) is -0.238. The highest BCUT2D eigenvalue weighted by Gasteiger charge is 2.30. The van der Waals surface area contributed by atoms with Crippen molar-refractivity contribution in [3.05, 3.63) is 35.4 Å². The number of likely N-dealkylation sites (tertiary alicyclic amines) is 1. The molecule has 2 rings (SSSR count). The first-order valence-corrected chi connectivity index (χ1v) is 5.94. The second kappa shape index (κ2) is 4.86. The van der Waals surface area contributed by atoms with Gasteiger partial charge in [-0.3, -0.25) is 0 Å². The first kappa shape index (κ1) is 12.7. The Morgan fingerprint density at radius 2 is 1.76 bits per heavy atom. The van der Waals surface area contributed by atoms with Gasteiger partial charge in [-0.1, -0.05) is 12.1 Å². The van der Waals surface area contributed by atoms with Crippen LogP contribution in [0.15, 0.2) is 24.3 Å². The third-order valence-corrected chi connectivity index (χ3v) is 3.36. The smallest absolute Gasteiger partial charge is 0.301 e. The summed E-state index contributed by atoms with van der Waals surface area (Å²) in [7, 11) is 0. The lowest BCUT2D eigenvalue weighted by Crippen LogP contribution is -2.39. The average Bonchev–Trinajstić information content (AvgIpc) is 2.22. The first-order chi connectivity index (χ1) is 7.97. The van der Waals surface area contributed by atoms with E-state index >= 15 is 0 Å². The Hall–Kier alpha value is -0.740. The van der Waals surface area contributed by atoms with Gasteiger partial charge >= 0.3 is 6.18 Å². The Morgan fingerprint density at radius 3 is 2.18 bits per heavy atom. The zero-order valence-electron chi connectivity index (χ0n) is 9.17. The molecule has 0 spiro atoms. The molecule has 1 unspecified atom stereocenters. The highest BCUT2D eigenvalue weighted by Crippen LogP contribution is 2.31. The Labute approximate surface area is 103 Å². The van der Waals surface area contributed by atoms with Crippen LogP contribution in [0.1, 0.15) is 22.9 Å². The largest absolute Gasteiger partial charge is 0.416 e. The van der Waals surface area contributed by atoms with Crippen LogP contribution in [-0.2, 0) is 6.18 Å². The maximum absolute atomic E-state index is 12.4. The Morgan fingerprint density at radius 1 is 1.18 bits per heavy atom. The number of hydrogen-bond acceptors (Lipinski definition) is 1. The number of halogens is 4. The summed E-state index contributed by atoms with van der Waals surface area (Å²) in [5.41, 5.74) is 0.112. The summed E-state index contributed by atoms with van der Waals surface area (Å²) in [4.78, 5) is 2.19. The van der Waals surface area contributed by atoms with E-state index in [4.69, 9.17) is 11.6 Å². The molecule has 0 amide bonds. The lowest BCUT2D eigenvalue weighted by Gasteiger charge is -2.32. The third-order valence-electron chi connectivity index (χ3n) is 2.97. The van der Waals surface area contributed by atoms with Crippen molar-refractivity contribution in [3.63, 3.8) is 0 Å². The number of nitrogens with zero attached hydrogens (tertiary/aromatic N) is 1. The molecule has 1 aromatic rings. The summed E-state index contributed by atoms with van der Waals surface area (Å²) >= 11 is 6.16. The molecule has 0 aliphatic carbocycles. The number of benzene rings is 1. The topological polar surface area (TPSA) is 3.24 Å². The van der Waals surface area contributed by atoms with E-state index in [0.29, 0.717) is 6.54 Å². The van der Waals surface area contributed by atoms with Crippen LogP contribution >= 0.6 is 11.6 Å². The van der Waals surface area contributed by atoms with Crippen LogP contribution in [0.5, 0.6) is 0 Å². The maximum atomic E-state index is 12.4. The van der Waals surface area contributed by atoms with E-state index in [9.17, 15) is 13.2 Å². The Balaban J connectivity index is 2.01. The molecule has 1 atom stereocenters. The fourth-order valence-corrected chi connectivity index (χ4v) is 2.12. The molecule has 1 nitrogen and oxygen atoms in total. The van der Waals surface area contributed by atoms with Crippen LogP contribution in [0.25, 0.3) is 0 Å². The summed E-state index contributed by atoms with van der Waals surface area (Å²) in [6, 6.07) is 5.09. The van der Waals surface area contributed by atoms with Crippen LogP contribution in [-0.4, -0.2) is 24.5 Å². The molecule has 0 N–H and O–H groups in total. The second-order valence-corrected chi connectivity index (χ2v) is 4.77. The van der Waals surface area contributed by atoms with Crippen molar-refractivity contribution in [1.29, 1.82) is 0 Å². The maximum Gasteiger partial charge on any atom is 0.416 e. The number of rotatable bonds is 3. The van der Waals surface area contributed by atoms with Crippen LogP contribution in [0.3, 0.4) is 0 Å². The monoisotopic (exact) mass is 263 g/mol. The van der Waals surface area contributed by atoms with Crippen LogP contribution in [0.4, 0.5) is 13.2 Å². The molecule has 0 bridgehead atoms. The molecule has 0 aromatic heterocycles. The third kappa shape index (κ3) is 3.13. The SMILES string of the molecule is FC(F)(F)c1ccc(C(Cl)CN2CCC2)cc1. The van der Waals surface area contributed by atoms with Crippen molar-refractivity contribution in [2.75, 3.05) is 19.6 Å². The summed E-state index contributed by atoms with van der Waals surface area (Å²) < 4.78 is 37.1. The predicted octanol–water partition coefficient (Wildman–Crippen LogP) is 3.69. The van der Waals surface area contributed by atoms with Gasteiger partial charge in [0.2, 0.25) is 0 Å². The second-order valence-electron chi connectivity index (χ2n) is 4.24. The van der Waals surface area contributed by atoms with Gasteiger partial charge in [-0.2, -0.15) is 13.2 Å². The molecule has 94 valence electrons. The van der Waals surface area contributed by atoms with Crippen molar-refractivity contribution in [3.8, 4) is 0 Å². The van der Waals surface area contributed by atoms with Crippen LogP contribution < -0.4 is 0 Å². The van der Waals surface area contributed by atoms with Crippen molar-refractivity contribution in [2.24, 2.45) is 0 Å². The summed E-state index contributed by atoms with van der Waals surface area (Å²) in [6.07, 6.45) is -3.10. The van der Waals surface area contributed by atoms with E-state index in [0.717, 1.165) is 30.8 Å². The minimum Gasteiger partial charge on any atom is -0.301 e. The molecule has 1 aromatic carbocycles. The zero-order chi connectivity index (χ0) is 12.5. The molecule has 1 aliphatic rings. The molecule has 1 saturated heterocycles. The molecule has 5 heteroatoms. The average molecular weight is 264 g/mol. The summed E-state index contributed by atoms with van der Waals surface area (Å²) in [5.74, 6) is 0. The van der Waals surface area contributed by atoms with Crippen LogP contribution in [0.2, 0.25) is 0 Å². The fourth-order valence-electron chi connectivity index (χ4n) is 1.78. The van der Waals surface area contributed by atoms with Gasteiger partial charge in [0.1, 0.15) is 0 Å². The lowest BCUT2D eigenvalue weighted by atomic mass is 10.1. The fraction of sp³-hybridized carbons (Fsp3) is 0.500. The van der Waals surface area contributed by atoms with Gasteiger partial charge in [-0.15, -0.1) is 11.6 Å². The first-order valence-electron chi connectivity index (χ1n) is 5.50. The quantitative estimate of drug-likeness (QED) is 0.752. The molecule has 17 heavy (non-hydrogen) atoms. The van der Waals surface area contributed by atoms with E-state index in [1.54, 1.807) is 0 Å². The molecular formula is C12H13ClF3N. The standard InChI is InChI=1S/C12H13ClF3N/c13-11(8-17-6-1-7-17)9-2-4-10(5-3-9)12(14,15)16/h2-5,11H,1,6-8H2. The minimum absolute atomic E-state index is 0.238. The van der Waals surface area contributed by atoms with Crippen molar-refractivity contribution in [2.45, 2.75) is 18.0 Å². The van der Waals surface area contributed by atoms with Gasteiger partial charge in [0.05, 0.1) is 10.9 Å². The zero-order valence-corrected chi connectivity index (χ0v) is 9.93. The van der Waals surface area contributed by atoms with Gasteiger partial charge in [-0.05, 0) is 37.2 Å².